The summed E-state index contributed by atoms with van der Waals surface area (Å²) in [6, 6.07) is 3.40. The predicted octanol–water partition coefficient (Wildman–Crippen LogP) is 2.03. The average molecular weight is 380 g/mol. The van der Waals surface area contributed by atoms with Crippen LogP contribution in [0, 0.1) is 0 Å². The van der Waals surface area contributed by atoms with E-state index in [1.807, 2.05) is 11.4 Å². The summed E-state index contributed by atoms with van der Waals surface area (Å²) in [6.07, 6.45) is 2.30. The summed E-state index contributed by atoms with van der Waals surface area (Å²) in [7, 11) is 0. The second-order valence-corrected chi connectivity index (χ2v) is 7.35. The highest BCUT2D eigenvalue weighted by atomic mass is 32.1. The molecule has 1 aliphatic rings. The van der Waals surface area contributed by atoms with Gasteiger partial charge in [-0.1, -0.05) is 6.07 Å². The molecule has 0 bridgehead atoms. The fourth-order valence-corrected chi connectivity index (χ4v) is 3.92. The first-order valence-corrected chi connectivity index (χ1v) is 9.60. The maximum Gasteiger partial charge on any atom is 0.323 e. The van der Waals surface area contributed by atoms with E-state index in [9.17, 15) is 19.2 Å². The number of hydrogen-bond acceptors (Lipinski definition) is 5. The Hall–Kier alpha value is -2.22. The maximum absolute atomic E-state index is 12.4. The molecule has 2 heterocycles. The summed E-state index contributed by atoms with van der Waals surface area (Å²) in [5.41, 5.74) is 0. The Morgan fingerprint density at radius 3 is 2.62 bits per heavy atom. The zero-order valence-electron chi connectivity index (χ0n) is 14.8. The number of Topliss-reactive ketones (excluding diaryl/α,β-unsaturated/α-hetero) is 1. The van der Waals surface area contributed by atoms with E-state index in [4.69, 9.17) is 5.11 Å². The van der Waals surface area contributed by atoms with Crippen molar-refractivity contribution >= 4 is 34.9 Å². The van der Waals surface area contributed by atoms with Gasteiger partial charge in [-0.3, -0.25) is 19.2 Å². The Bertz CT molecular complexity index is 659. The summed E-state index contributed by atoms with van der Waals surface area (Å²) in [4.78, 5) is 50.9. The zero-order valence-corrected chi connectivity index (χ0v) is 15.7. The van der Waals surface area contributed by atoms with Crippen molar-refractivity contribution in [3.8, 4) is 0 Å². The molecule has 1 atom stereocenters. The number of hydrogen-bond donors (Lipinski definition) is 1. The van der Waals surface area contributed by atoms with Crippen molar-refractivity contribution in [2.24, 2.45) is 0 Å². The molecule has 1 saturated heterocycles. The van der Waals surface area contributed by atoms with E-state index < -0.39 is 5.97 Å². The number of thiophene rings is 1. The fourth-order valence-electron chi connectivity index (χ4n) is 3.22. The lowest BCUT2D eigenvalue weighted by Gasteiger charge is -2.28. The lowest BCUT2D eigenvalue weighted by atomic mass is 10.1. The molecule has 1 unspecified atom stereocenters. The largest absolute Gasteiger partial charge is 0.480 e. The molecule has 8 heteroatoms. The van der Waals surface area contributed by atoms with E-state index in [0.29, 0.717) is 37.2 Å². The molecule has 0 spiro atoms. The Kier molecular flexibility index (Phi) is 7.32. The number of ketones is 1. The highest BCUT2D eigenvalue weighted by Crippen LogP contribution is 2.19. The van der Waals surface area contributed by atoms with Crippen LogP contribution < -0.4 is 0 Å². The maximum atomic E-state index is 12.4. The van der Waals surface area contributed by atoms with Crippen LogP contribution in [-0.2, 0) is 14.4 Å². The predicted molar refractivity (Wildman–Crippen MR) is 97.1 cm³/mol. The van der Waals surface area contributed by atoms with Crippen molar-refractivity contribution in [1.29, 1.82) is 0 Å². The minimum atomic E-state index is -1.04. The second-order valence-electron chi connectivity index (χ2n) is 6.41. The number of aliphatic carboxylic acids is 1. The third-order valence-corrected chi connectivity index (χ3v) is 5.47. The van der Waals surface area contributed by atoms with E-state index in [1.54, 1.807) is 11.0 Å². The van der Waals surface area contributed by atoms with Crippen molar-refractivity contribution in [1.82, 2.24) is 9.80 Å². The molecule has 2 amide bonds. The van der Waals surface area contributed by atoms with Gasteiger partial charge in [-0.05, 0) is 30.7 Å². The van der Waals surface area contributed by atoms with Crippen LogP contribution in [0.2, 0.25) is 0 Å². The van der Waals surface area contributed by atoms with Gasteiger partial charge in [0.15, 0.2) is 5.78 Å². The molecule has 1 aliphatic heterocycles. The smallest absolute Gasteiger partial charge is 0.323 e. The van der Waals surface area contributed by atoms with Crippen LogP contribution in [-0.4, -0.2) is 64.1 Å². The number of carbonyl (C=O) groups is 4. The molecule has 0 aliphatic carbocycles. The highest BCUT2D eigenvalue weighted by Gasteiger charge is 2.27. The standard InChI is InChI=1S/C18H24N2O5S/c1-13(21)20(12-18(24)25)14-4-2-9-19(10-8-14)17(23)7-6-15(22)16-5-3-11-26-16/h3,5,11,14H,2,4,6-10,12H2,1H3,(H,24,25). The number of nitrogens with zero attached hydrogens (tertiary/aromatic N) is 2. The van der Waals surface area contributed by atoms with Crippen LogP contribution in [0.15, 0.2) is 17.5 Å². The summed E-state index contributed by atoms with van der Waals surface area (Å²) >= 11 is 1.37. The van der Waals surface area contributed by atoms with Crippen LogP contribution in [0.25, 0.3) is 0 Å². The van der Waals surface area contributed by atoms with Gasteiger partial charge in [0.1, 0.15) is 6.54 Å². The monoisotopic (exact) mass is 380 g/mol. The van der Waals surface area contributed by atoms with Crippen LogP contribution in [0.1, 0.15) is 48.7 Å². The number of carboxylic acid groups (broad SMARTS) is 1. The first-order chi connectivity index (χ1) is 12.4. The van der Waals surface area contributed by atoms with E-state index in [0.717, 1.165) is 0 Å². The molecular weight excluding hydrogens is 356 g/mol. The topological polar surface area (TPSA) is 95.0 Å². The van der Waals surface area contributed by atoms with Gasteiger partial charge in [0.2, 0.25) is 11.8 Å². The molecule has 142 valence electrons. The Morgan fingerprint density at radius 2 is 2.00 bits per heavy atom. The lowest BCUT2D eigenvalue weighted by Crippen LogP contribution is -2.43. The third-order valence-electron chi connectivity index (χ3n) is 4.56. The third kappa shape index (κ3) is 5.66. The number of carbonyl (C=O) groups excluding carboxylic acids is 3. The molecule has 1 fully saturated rings. The molecule has 26 heavy (non-hydrogen) atoms. The number of amides is 2. The number of carboxylic acids is 1. The number of rotatable bonds is 7. The average Bonchev–Trinajstić information content (AvgIpc) is 3.02. The van der Waals surface area contributed by atoms with Crippen molar-refractivity contribution in [2.45, 2.75) is 45.1 Å². The van der Waals surface area contributed by atoms with Crippen molar-refractivity contribution in [3.05, 3.63) is 22.4 Å². The zero-order chi connectivity index (χ0) is 19.1. The lowest BCUT2D eigenvalue weighted by molar-refractivity contribution is -0.145. The van der Waals surface area contributed by atoms with Crippen molar-refractivity contribution in [3.63, 3.8) is 0 Å². The van der Waals surface area contributed by atoms with Crippen LogP contribution in [0.4, 0.5) is 0 Å². The Labute approximate surface area is 156 Å². The molecule has 0 aromatic carbocycles. The van der Waals surface area contributed by atoms with Gasteiger partial charge in [0.05, 0.1) is 4.88 Å². The summed E-state index contributed by atoms with van der Waals surface area (Å²) in [5, 5.41) is 10.8. The van der Waals surface area contributed by atoms with Gasteiger partial charge in [0.25, 0.3) is 0 Å². The SMILES string of the molecule is CC(=O)N(CC(=O)O)C1CCCN(C(=O)CCC(=O)c2cccs2)CC1. The molecule has 1 aromatic heterocycles. The molecule has 0 saturated carbocycles. The summed E-state index contributed by atoms with van der Waals surface area (Å²) < 4.78 is 0. The normalized spacial score (nSPS) is 17.4. The van der Waals surface area contributed by atoms with Gasteiger partial charge in [0, 0.05) is 38.9 Å². The second kappa shape index (κ2) is 9.47. The first-order valence-electron chi connectivity index (χ1n) is 8.72. The van der Waals surface area contributed by atoms with Crippen LogP contribution >= 0.6 is 11.3 Å². The van der Waals surface area contributed by atoms with Gasteiger partial charge in [-0.2, -0.15) is 0 Å². The number of likely N-dealkylation sites (tertiary alicyclic amines) is 1. The molecule has 0 radical (unpaired) electrons. The fraction of sp³-hybridized carbons (Fsp3) is 0.556. The van der Waals surface area contributed by atoms with Crippen LogP contribution in [0.5, 0.6) is 0 Å². The molecule has 2 rings (SSSR count). The first kappa shape index (κ1) is 20.1. The van der Waals surface area contributed by atoms with Crippen molar-refractivity contribution in [2.75, 3.05) is 19.6 Å². The molecule has 7 nitrogen and oxygen atoms in total. The van der Waals surface area contributed by atoms with Gasteiger partial charge in [-0.25, -0.2) is 0 Å². The van der Waals surface area contributed by atoms with E-state index in [-0.39, 0.29) is 43.0 Å². The van der Waals surface area contributed by atoms with E-state index >= 15 is 0 Å². The molecular formula is C18H24N2O5S. The van der Waals surface area contributed by atoms with Crippen molar-refractivity contribution < 1.29 is 24.3 Å². The van der Waals surface area contributed by atoms with E-state index in [1.165, 1.54) is 23.2 Å². The Morgan fingerprint density at radius 1 is 1.23 bits per heavy atom. The molecule has 1 N–H and O–H groups in total. The molecule has 1 aromatic rings. The van der Waals surface area contributed by atoms with Crippen LogP contribution in [0.3, 0.4) is 0 Å². The minimum absolute atomic E-state index is 0.0229. The summed E-state index contributed by atoms with van der Waals surface area (Å²) in [6.45, 7) is 2.09. The summed E-state index contributed by atoms with van der Waals surface area (Å²) in [5.74, 6) is -1.39. The quantitative estimate of drug-likeness (QED) is 0.730. The van der Waals surface area contributed by atoms with Gasteiger partial charge < -0.3 is 14.9 Å². The highest BCUT2D eigenvalue weighted by molar-refractivity contribution is 7.12. The van der Waals surface area contributed by atoms with Gasteiger partial charge in [-0.15, -0.1) is 11.3 Å². The Balaban J connectivity index is 1.86. The van der Waals surface area contributed by atoms with Gasteiger partial charge >= 0.3 is 5.97 Å². The minimum Gasteiger partial charge on any atom is -0.480 e. The van der Waals surface area contributed by atoms with E-state index in [2.05, 4.69) is 0 Å².